The molecule has 0 radical (unpaired) electrons. The Morgan fingerprint density at radius 2 is 1.96 bits per heavy atom. The number of anilines is 1. The lowest BCUT2D eigenvalue weighted by molar-refractivity contribution is -0.118. The fourth-order valence-electron chi connectivity index (χ4n) is 2.39. The molecule has 1 amide bonds. The predicted octanol–water partition coefficient (Wildman–Crippen LogP) is 5.45. The van der Waals surface area contributed by atoms with E-state index >= 15 is 0 Å². The molecule has 1 aromatic heterocycles. The summed E-state index contributed by atoms with van der Waals surface area (Å²) in [5.41, 5.74) is 1.73. The van der Waals surface area contributed by atoms with Crippen molar-refractivity contribution >= 4 is 44.2 Å². The molecule has 2 aromatic carbocycles. The number of hydrogen-bond acceptors (Lipinski definition) is 5. The van der Waals surface area contributed by atoms with Crippen LogP contribution in [0.1, 0.15) is 25.3 Å². The molecule has 0 atom stereocenters. The van der Waals surface area contributed by atoms with Gasteiger partial charge in [-0.05, 0) is 55.3 Å². The lowest BCUT2D eigenvalue weighted by Crippen LogP contribution is -2.20. The van der Waals surface area contributed by atoms with E-state index in [1.54, 1.807) is 18.2 Å². The first-order chi connectivity index (χ1) is 13.0. The highest BCUT2D eigenvalue weighted by Crippen LogP contribution is 2.29. The lowest BCUT2D eigenvalue weighted by Gasteiger charge is -2.07. The average Bonchev–Trinajstić information content (AvgIpc) is 3.04. The van der Waals surface area contributed by atoms with Crippen molar-refractivity contribution in [1.29, 1.82) is 0 Å². The number of rotatable bonds is 8. The first-order valence-electron chi connectivity index (χ1n) is 8.77. The Hall–Kier alpha value is -2.31. The molecule has 0 spiro atoms. The zero-order valence-corrected chi connectivity index (χ0v) is 16.8. The van der Waals surface area contributed by atoms with Gasteiger partial charge in [-0.25, -0.2) is 4.98 Å². The maximum atomic E-state index is 12.1. The van der Waals surface area contributed by atoms with E-state index in [4.69, 9.17) is 21.1 Å². The van der Waals surface area contributed by atoms with Gasteiger partial charge in [-0.15, -0.1) is 0 Å². The molecule has 0 aliphatic carbocycles. The summed E-state index contributed by atoms with van der Waals surface area (Å²) in [5.74, 6) is 1.16. The monoisotopic (exact) mass is 404 g/mol. The summed E-state index contributed by atoms with van der Waals surface area (Å²) in [6.45, 7) is 4.62. The molecule has 0 saturated carbocycles. The number of ether oxygens (including phenoxy) is 2. The fourth-order valence-corrected chi connectivity index (χ4v) is 3.42. The highest BCUT2D eigenvalue weighted by Gasteiger charge is 2.10. The van der Waals surface area contributed by atoms with Crippen LogP contribution in [0.2, 0.25) is 5.02 Å². The van der Waals surface area contributed by atoms with Crippen molar-refractivity contribution in [3.05, 3.63) is 47.0 Å². The van der Waals surface area contributed by atoms with E-state index in [-0.39, 0.29) is 12.5 Å². The number of amides is 1. The van der Waals surface area contributed by atoms with Crippen LogP contribution in [-0.4, -0.2) is 24.1 Å². The molecule has 0 aliphatic rings. The van der Waals surface area contributed by atoms with Gasteiger partial charge in [-0.2, -0.15) is 0 Å². The van der Waals surface area contributed by atoms with Gasteiger partial charge in [0.2, 0.25) is 0 Å². The second-order valence-electron chi connectivity index (χ2n) is 6.10. The first-order valence-corrected chi connectivity index (χ1v) is 9.97. The molecule has 1 heterocycles. The van der Waals surface area contributed by atoms with Gasteiger partial charge in [0.05, 0.1) is 16.8 Å². The van der Waals surface area contributed by atoms with Crippen LogP contribution in [0.3, 0.4) is 0 Å². The van der Waals surface area contributed by atoms with E-state index < -0.39 is 0 Å². The topological polar surface area (TPSA) is 60.5 Å². The van der Waals surface area contributed by atoms with Crippen LogP contribution in [-0.2, 0) is 4.79 Å². The largest absolute Gasteiger partial charge is 0.494 e. The summed E-state index contributed by atoms with van der Waals surface area (Å²) < 4.78 is 12.2. The normalized spacial score (nSPS) is 10.8. The third-order valence-electron chi connectivity index (χ3n) is 3.87. The third-order valence-corrected chi connectivity index (χ3v) is 5.23. The zero-order valence-electron chi connectivity index (χ0n) is 15.3. The van der Waals surface area contributed by atoms with Gasteiger partial charge in [0.1, 0.15) is 11.5 Å². The Morgan fingerprint density at radius 1 is 1.19 bits per heavy atom. The highest BCUT2D eigenvalue weighted by molar-refractivity contribution is 7.22. The van der Waals surface area contributed by atoms with Crippen molar-refractivity contribution in [3.8, 4) is 11.5 Å². The predicted molar refractivity (Wildman–Crippen MR) is 110 cm³/mol. The maximum Gasteiger partial charge on any atom is 0.264 e. The molecule has 142 valence electrons. The van der Waals surface area contributed by atoms with E-state index in [0.717, 1.165) is 34.4 Å². The molecule has 3 aromatic rings. The van der Waals surface area contributed by atoms with Crippen LogP contribution in [0.25, 0.3) is 10.2 Å². The standard InChI is InChI=1S/C20H21ClN2O3S/c1-3-4-9-25-15-6-8-17-18(11-15)27-20(22-17)23-19(24)12-26-14-5-7-16(21)13(2)10-14/h5-8,10-11H,3-4,9,12H2,1-2H3,(H,22,23,24). The number of aryl methyl sites for hydroxylation is 1. The van der Waals surface area contributed by atoms with Crippen LogP contribution < -0.4 is 14.8 Å². The number of nitrogens with zero attached hydrogens (tertiary/aromatic N) is 1. The number of nitrogens with one attached hydrogen (secondary N) is 1. The van der Waals surface area contributed by atoms with Gasteiger partial charge < -0.3 is 9.47 Å². The number of benzene rings is 2. The number of hydrogen-bond donors (Lipinski definition) is 1. The lowest BCUT2D eigenvalue weighted by atomic mass is 10.2. The van der Waals surface area contributed by atoms with Crippen LogP contribution in [0, 0.1) is 6.92 Å². The van der Waals surface area contributed by atoms with Gasteiger partial charge in [-0.3, -0.25) is 10.1 Å². The van der Waals surface area contributed by atoms with Crippen molar-refractivity contribution in [3.63, 3.8) is 0 Å². The second-order valence-corrected chi connectivity index (χ2v) is 7.54. The first kappa shape index (κ1) is 19.5. The van der Waals surface area contributed by atoms with Crippen LogP contribution in [0.4, 0.5) is 5.13 Å². The number of fused-ring (bicyclic) bond motifs is 1. The summed E-state index contributed by atoms with van der Waals surface area (Å²) in [5, 5.41) is 3.98. The molecule has 27 heavy (non-hydrogen) atoms. The van der Waals surface area contributed by atoms with Gasteiger partial charge in [-0.1, -0.05) is 36.3 Å². The van der Waals surface area contributed by atoms with Gasteiger partial charge >= 0.3 is 0 Å². The summed E-state index contributed by atoms with van der Waals surface area (Å²) in [6.07, 6.45) is 2.12. The number of carbonyl (C=O) groups is 1. The van der Waals surface area contributed by atoms with Crippen molar-refractivity contribution in [2.75, 3.05) is 18.5 Å². The SMILES string of the molecule is CCCCOc1ccc2nc(NC(=O)COc3ccc(Cl)c(C)c3)sc2c1. The highest BCUT2D eigenvalue weighted by atomic mass is 35.5. The molecule has 1 N–H and O–H groups in total. The second kappa shape index (κ2) is 9.06. The fraction of sp³-hybridized carbons (Fsp3) is 0.300. The van der Waals surface area contributed by atoms with E-state index in [1.807, 2.05) is 25.1 Å². The average molecular weight is 405 g/mol. The number of carbonyl (C=O) groups excluding carboxylic acids is 1. The van der Waals surface area contributed by atoms with Gasteiger partial charge in [0.15, 0.2) is 11.7 Å². The molecular weight excluding hydrogens is 384 g/mol. The van der Waals surface area contributed by atoms with Crippen molar-refractivity contribution in [2.45, 2.75) is 26.7 Å². The van der Waals surface area contributed by atoms with Crippen LogP contribution in [0.5, 0.6) is 11.5 Å². The zero-order chi connectivity index (χ0) is 19.2. The maximum absolute atomic E-state index is 12.1. The quantitative estimate of drug-likeness (QED) is 0.507. The van der Waals surface area contributed by atoms with E-state index in [1.165, 1.54) is 11.3 Å². The molecule has 0 saturated heterocycles. The summed E-state index contributed by atoms with van der Waals surface area (Å²) in [6, 6.07) is 11.0. The van der Waals surface area contributed by atoms with Crippen molar-refractivity contribution in [2.24, 2.45) is 0 Å². The minimum Gasteiger partial charge on any atom is -0.494 e. The summed E-state index contributed by atoms with van der Waals surface area (Å²) in [4.78, 5) is 16.6. The molecule has 7 heteroatoms. The Labute approximate surface area is 167 Å². The molecule has 0 unspecified atom stereocenters. The third kappa shape index (κ3) is 5.34. The van der Waals surface area contributed by atoms with Crippen LogP contribution in [0.15, 0.2) is 36.4 Å². The van der Waals surface area contributed by atoms with Gasteiger partial charge in [0.25, 0.3) is 5.91 Å². The minimum absolute atomic E-state index is 0.0949. The van der Waals surface area contributed by atoms with Crippen molar-refractivity contribution < 1.29 is 14.3 Å². The smallest absolute Gasteiger partial charge is 0.264 e. The molecule has 0 fully saturated rings. The van der Waals surface area contributed by atoms with E-state index in [2.05, 4.69) is 17.2 Å². The number of unbranched alkanes of at least 4 members (excludes halogenated alkanes) is 1. The molecule has 0 bridgehead atoms. The van der Waals surface area contributed by atoms with E-state index in [0.29, 0.717) is 22.5 Å². The minimum atomic E-state index is -0.263. The summed E-state index contributed by atoms with van der Waals surface area (Å²) >= 11 is 7.39. The summed E-state index contributed by atoms with van der Waals surface area (Å²) in [7, 11) is 0. The number of thiazole rings is 1. The van der Waals surface area contributed by atoms with Crippen molar-refractivity contribution in [1.82, 2.24) is 4.98 Å². The molecule has 3 rings (SSSR count). The van der Waals surface area contributed by atoms with Gasteiger partial charge in [0, 0.05) is 5.02 Å². The number of halogens is 1. The molecule has 5 nitrogen and oxygen atoms in total. The molecular formula is C20H21ClN2O3S. The Bertz CT molecular complexity index is 942. The Balaban J connectivity index is 1.58. The van der Waals surface area contributed by atoms with Crippen LogP contribution >= 0.6 is 22.9 Å². The Morgan fingerprint density at radius 3 is 2.74 bits per heavy atom. The number of aromatic nitrogens is 1. The van der Waals surface area contributed by atoms with E-state index in [9.17, 15) is 4.79 Å². The Kier molecular flexibility index (Phi) is 6.53. The molecule has 0 aliphatic heterocycles.